The minimum atomic E-state index is 0. The highest BCUT2D eigenvalue weighted by Gasteiger charge is 2.57. The minimum absolute atomic E-state index is 0. The molecule has 3 saturated carbocycles. The number of hydrogen-bond acceptors (Lipinski definition) is 6. The SMILES string of the molecule is C.C=C1CCC2C3C=CC4CC(=NOCCc5nc(CN)no5)CC[C@]4(C)C3CC[C@]12C. The number of nitrogens with zero attached hydrogens (tertiary/aromatic N) is 3. The van der Waals surface area contributed by atoms with Gasteiger partial charge in [-0.1, -0.05) is 55.9 Å². The van der Waals surface area contributed by atoms with Crippen LogP contribution in [0.4, 0.5) is 0 Å². The first-order valence-corrected chi connectivity index (χ1v) is 12.0. The van der Waals surface area contributed by atoms with E-state index in [1.54, 1.807) is 0 Å². The van der Waals surface area contributed by atoms with Gasteiger partial charge in [0.05, 0.1) is 18.7 Å². The van der Waals surface area contributed by atoms with Crippen molar-refractivity contribution in [3.8, 4) is 0 Å². The Morgan fingerprint density at radius 1 is 1.22 bits per heavy atom. The quantitative estimate of drug-likeness (QED) is 0.373. The van der Waals surface area contributed by atoms with E-state index in [1.165, 1.54) is 43.4 Å². The molecular weight excluding hydrogens is 400 g/mol. The fourth-order valence-corrected chi connectivity index (χ4v) is 7.17. The molecule has 32 heavy (non-hydrogen) atoms. The van der Waals surface area contributed by atoms with Crippen LogP contribution in [0.1, 0.15) is 77.9 Å². The highest BCUT2D eigenvalue weighted by molar-refractivity contribution is 5.85. The Bertz CT molecular complexity index is 905. The molecule has 4 aliphatic rings. The summed E-state index contributed by atoms with van der Waals surface area (Å²) in [6.07, 6.45) is 14.1. The lowest BCUT2D eigenvalue weighted by Gasteiger charge is -2.57. The molecule has 3 fully saturated rings. The molecule has 176 valence electrons. The van der Waals surface area contributed by atoms with Crippen molar-refractivity contribution >= 4 is 5.71 Å². The zero-order valence-corrected chi connectivity index (χ0v) is 19.0. The number of rotatable bonds is 5. The lowest BCUT2D eigenvalue weighted by Crippen LogP contribution is -2.51. The maximum Gasteiger partial charge on any atom is 0.230 e. The van der Waals surface area contributed by atoms with E-state index >= 15 is 0 Å². The Labute approximate surface area is 192 Å². The van der Waals surface area contributed by atoms with Crippen LogP contribution < -0.4 is 5.73 Å². The van der Waals surface area contributed by atoms with Crippen molar-refractivity contribution in [3.63, 3.8) is 0 Å². The highest BCUT2D eigenvalue weighted by Crippen LogP contribution is 2.65. The van der Waals surface area contributed by atoms with Crippen LogP contribution in [-0.4, -0.2) is 22.5 Å². The average molecular weight is 441 g/mol. The second-order valence-electron chi connectivity index (χ2n) is 10.6. The normalized spacial score (nSPS) is 39.2. The van der Waals surface area contributed by atoms with Crippen molar-refractivity contribution in [2.45, 2.75) is 79.2 Å². The van der Waals surface area contributed by atoms with Gasteiger partial charge in [0.1, 0.15) is 6.61 Å². The third-order valence-electron chi connectivity index (χ3n) is 9.25. The Hall–Kier alpha value is -1.95. The molecule has 4 unspecified atom stereocenters. The Balaban J connectivity index is 0.00000245. The van der Waals surface area contributed by atoms with Crippen molar-refractivity contribution in [1.82, 2.24) is 10.1 Å². The monoisotopic (exact) mass is 440 g/mol. The van der Waals surface area contributed by atoms with Crippen LogP contribution in [0.2, 0.25) is 0 Å². The Morgan fingerprint density at radius 3 is 2.84 bits per heavy atom. The standard InChI is InChI=1S/C25H36N4O2.CH4/c1-16-4-7-20-19-6-5-17-14-18(28-30-13-10-23-27-22(15-26)29-31-23)8-11-25(17,3)21(19)9-12-24(16,20)2;/h5-6,17,19-21H,1,4,7-15,26H2,2-3H3;1H4/t17?,19?,20?,21?,24-,25+;/m1./s1. The number of nitrogens with two attached hydrogens (primary N) is 1. The molecule has 1 heterocycles. The third kappa shape index (κ3) is 3.74. The maximum absolute atomic E-state index is 5.62. The Kier molecular flexibility index (Phi) is 6.36. The molecule has 0 bridgehead atoms. The summed E-state index contributed by atoms with van der Waals surface area (Å²) in [5.41, 5.74) is 8.95. The zero-order valence-electron chi connectivity index (χ0n) is 19.0. The predicted octanol–water partition coefficient (Wildman–Crippen LogP) is 5.45. The summed E-state index contributed by atoms with van der Waals surface area (Å²) < 4.78 is 5.14. The zero-order chi connectivity index (χ0) is 21.6. The number of aromatic nitrogens is 2. The van der Waals surface area contributed by atoms with Crippen LogP contribution in [0, 0.1) is 34.5 Å². The van der Waals surface area contributed by atoms with Crippen molar-refractivity contribution in [2.75, 3.05) is 6.61 Å². The number of oxime groups is 1. The van der Waals surface area contributed by atoms with Crippen molar-refractivity contribution in [2.24, 2.45) is 45.4 Å². The molecule has 4 aliphatic carbocycles. The van der Waals surface area contributed by atoms with E-state index in [4.69, 9.17) is 15.1 Å². The van der Waals surface area contributed by atoms with Gasteiger partial charge in [-0.2, -0.15) is 4.98 Å². The molecule has 0 amide bonds. The van der Waals surface area contributed by atoms with E-state index in [0.717, 1.165) is 30.6 Å². The van der Waals surface area contributed by atoms with Gasteiger partial charge in [0.15, 0.2) is 5.82 Å². The lowest BCUT2D eigenvalue weighted by molar-refractivity contribution is -0.0275. The van der Waals surface area contributed by atoms with Gasteiger partial charge in [-0.25, -0.2) is 0 Å². The molecule has 5 rings (SSSR count). The largest absolute Gasteiger partial charge is 0.395 e. The van der Waals surface area contributed by atoms with E-state index in [1.807, 2.05) is 0 Å². The molecule has 0 aliphatic heterocycles. The van der Waals surface area contributed by atoms with Gasteiger partial charge in [0.25, 0.3) is 0 Å². The summed E-state index contributed by atoms with van der Waals surface area (Å²) in [5.74, 6) is 3.96. The van der Waals surface area contributed by atoms with Gasteiger partial charge in [-0.3, -0.25) is 0 Å². The maximum atomic E-state index is 5.62. The molecule has 6 atom stereocenters. The lowest BCUT2D eigenvalue weighted by atomic mass is 9.47. The second kappa shape index (κ2) is 8.77. The van der Waals surface area contributed by atoms with Gasteiger partial charge in [-0.15, -0.1) is 0 Å². The summed E-state index contributed by atoms with van der Waals surface area (Å²) in [7, 11) is 0. The van der Waals surface area contributed by atoms with Crippen LogP contribution >= 0.6 is 0 Å². The van der Waals surface area contributed by atoms with Gasteiger partial charge in [-0.05, 0) is 79.4 Å². The molecule has 0 radical (unpaired) electrons. The highest BCUT2D eigenvalue weighted by atomic mass is 16.6. The molecule has 6 nitrogen and oxygen atoms in total. The van der Waals surface area contributed by atoms with E-state index in [9.17, 15) is 0 Å². The molecule has 0 saturated heterocycles. The van der Waals surface area contributed by atoms with Gasteiger partial charge >= 0.3 is 0 Å². The van der Waals surface area contributed by atoms with Gasteiger partial charge in [0.2, 0.25) is 5.89 Å². The number of fused-ring (bicyclic) bond motifs is 5. The van der Waals surface area contributed by atoms with Crippen LogP contribution in [0.25, 0.3) is 0 Å². The number of allylic oxidation sites excluding steroid dienone is 3. The van der Waals surface area contributed by atoms with E-state index in [0.29, 0.717) is 41.5 Å². The van der Waals surface area contributed by atoms with E-state index in [2.05, 4.69) is 47.9 Å². The molecular formula is C26H40N4O2. The molecule has 1 aromatic heterocycles. The van der Waals surface area contributed by atoms with Crippen LogP contribution in [-0.2, 0) is 17.8 Å². The van der Waals surface area contributed by atoms with E-state index in [-0.39, 0.29) is 14.0 Å². The predicted molar refractivity (Wildman–Crippen MR) is 127 cm³/mol. The smallest absolute Gasteiger partial charge is 0.230 e. The molecule has 2 N–H and O–H groups in total. The minimum Gasteiger partial charge on any atom is -0.395 e. The fourth-order valence-electron chi connectivity index (χ4n) is 7.17. The van der Waals surface area contributed by atoms with Crippen LogP contribution in [0.3, 0.4) is 0 Å². The topological polar surface area (TPSA) is 86.5 Å². The molecule has 0 aromatic carbocycles. The fraction of sp³-hybridized carbons (Fsp3) is 0.731. The molecule has 6 heteroatoms. The average Bonchev–Trinajstić information content (AvgIpc) is 3.35. The summed E-state index contributed by atoms with van der Waals surface area (Å²) in [6, 6.07) is 0. The van der Waals surface area contributed by atoms with Crippen molar-refractivity contribution in [1.29, 1.82) is 0 Å². The van der Waals surface area contributed by atoms with Gasteiger partial charge < -0.3 is 15.1 Å². The van der Waals surface area contributed by atoms with Crippen LogP contribution in [0.5, 0.6) is 0 Å². The number of hydrogen-bond donors (Lipinski definition) is 1. The van der Waals surface area contributed by atoms with Crippen molar-refractivity contribution in [3.05, 3.63) is 36.0 Å². The van der Waals surface area contributed by atoms with E-state index < -0.39 is 0 Å². The third-order valence-corrected chi connectivity index (χ3v) is 9.25. The summed E-state index contributed by atoms with van der Waals surface area (Å²) in [6.45, 7) is 10.2. The summed E-state index contributed by atoms with van der Waals surface area (Å²) >= 11 is 0. The first-order chi connectivity index (χ1) is 14.9. The second-order valence-corrected chi connectivity index (χ2v) is 10.6. The summed E-state index contributed by atoms with van der Waals surface area (Å²) in [4.78, 5) is 9.82. The molecule has 0 spiro atoms. The Morgan fingerprint density at radius 2 is 2.06 bits per heavy atom. The first kappa shape index (κ1) is 23.2. The van der Waals surface area contributed by atoms with Crippen LogP contribution in [0.15, 0.2) is 34.0 Å². The van der Waals surface area contributed by atoms with Crippen molar-refractivity contribution < 1.29 is 9.36 Å². The molecule has 1 aromatic rings. The summed E-state index contributed by atoms with van der Waals surface area (Å²) in [5, 5.41) is 8.28. The first-order valence-electron chi connectivity index (χ1n) is 12.0. The van der Waals surface area contributed by atoms with Gasteiger partial charge in [0, 0.05) is 0 Å².